The second kappa shape index (κ2) is 9.04. The van der Waals surface area contributed by atoms with Gasteiger partial charge in [-0.15, -0.1) is 0 Å². The van der Waals surface area contributed by atoms with Crippen LogP contribution in [0.5, 0.6) is 5.75 Å². The summed E-state index contributed by atoms with van der Waals surface area (Å²) in [6, 6.07) is 11.8. The Labute approximate surface area is 162 Å². The third-order valence-electron chi connectivity index (χ3n) is 3.44. The number of benzene rings is 2. The zero-order valence-electron chi connectivity index (χ0n) is 13.8. The Kier molecular flexibility index (Phi) is 7.05. The number of thiocarbonyl (C=S) groups is 1. The first-order chi connectivity index (χ1) is 11.9. The molecule has 0 heterocycles. The number of rotatable bonds is 5. The summed E-state index contributed by atoms with van der Waals surface area (Å²) >= 11 is 17.1. The summed E-state index contributed by atoms with van der Waals surface area (Å²) in [6.45, 7) is 4.04. The van der Waals surface area contributed by atoms with Gasteiger partial charge in [-0.3, -0.25) is 10.1 Å². The Morgan fingerprint density at radius 2 is 1.88 bits per heavy atom. The monoisotopic (exact) mass is 396 g/mol. The smallest absolute Gasteiger partial charge is 0.257 e. The number of carbonyl (C=O) groups excluding carboxylic acids is 1. The van der Waals surface area contributed by atoms with Crippen LogP contribution in [0, 0.1) is 0 Å². The Morgan fingerprint density at radius 1 is 1.20 bits per heavy atom. The molecule has 2 aromatic carbocycles. The van der Waals surface area contributed by atoms with Crippen LogP contribution in [0.4, 0.5) is 5.69 Å². The molecule has 132 valence electrons. The fourth-order valence-electron chi connectivity index (χ4n) is 1.92. The molecule has 25 heavy (non-hydrogen) atoms. The van der Waals surface area contributed by atoms with Gasteiger partial charge in [-0.25, -0.2) is 0 Å². The van der Waals surface area contributed by atoms with Gasteiger partial charge in [0.15, 0.2) is 5.11 Å². The molecular weight excluding hydrogens is 379 g/mol. The minimum Gasteiger partial charge on any atom is -0.491 e. The molecule has 0 aromatic heterocycles. The normalized spacial score (nSPS) is 11.5. The van der Waals surface area contributed by atoms with Gasteiger partial charge in [0.25, 0.3) is 5.91 Å². The SMILES string of the molecule is CCC(C)Oc1ccc(C(=O)NC(=S)Nc2ccc(Cl)cc2Cl)cc1. The summed E-state index contributed by atoms with van der Waals surface area (Å²) in [4.78, 5) is 12.2. The first-order valence-corrected chi connectivity index (χ1v) is 8.89. The molecule has 0 spiro atoms. The highest BCUT2D eigenvalue weighted by atomic mass is 35.5. The molecule has 0 saturated carbocycles. The van der Waals surface area contributed by atoms with Gasteiger partial charge in [0, 0.05) is 10.6 Å². The van der Waals surface area contributed by atoms with Gasteiger partial charge in [0.2, 0.25) is 0 Å². The van der Waals surface area contributed by atoms with E-state index in [4.69, 9.17) is 40.2 Å². The predicted octanol–water partition coefficient (Wildman–Crippen LogP) is 5.30. The zero-order valence-corrected chi connectivity index (χ0v) is 16.1. The summed E-state index contributed by atoms with van der Waals surface area (Å²) in [7, 11) is 0. The average molecular weight is 397 g/mol. The van der Waals surface area contributed by atoms with Crippen LogP contribution < -0.4 is 15.4 Å². The third-order valence-corrected chi connectivity index (χ3v) is 4.19. The quantitative estimate of drug-likeness (QED) is 0.673. The number of hydrogen-bond acceptors (Lipinski definition) is 3. The molecule has 0 saturated heterocycles. The molecule has 0 fully saturated rings. The molecule has 0 radical (unpaired) electrons. The average Bonchev–Trinajstić information content (AvgIpc) is 2.57. The highest BCUT2D eigenvalue weighted by Gasteiger charge is 2.10. The highest BCUT2D eigenvalue weighted by molar-refractivity contribution is 7.80. The molecule has 2 aromatic rings. The number of anilines is 1. The van der Waals surface area contributed by atoms with Crippen LogP contribution in [0.15, 0.2) is 42.5 Å². The predicted molar refractivity (Wildman–Crippen MR) is 107 cm³/mol. The van der Waals surface area contributed by atoms with E-state index in [-0.39, 0.29) is 17.1 Å². The van der Waals surface area contributed by atoms with Crippen molar-refractivity contribution in [1.82, 2.24) is 5.32 Å². The number of amides is 1. The van der Waals surface area contributed by atoms with Gasteiger partial charge in [0.1, 0.15) is 5.75 Å². The molecule has 2 N–H and O–H groups in total. The van der Waals surface area contributed by atoms with E-state index in [9.17, 15) is 4.79 Å². The zero-order chi connectivity index (χ0) is 18.4. The van der Waals surface area contributed by atoms with Gasteiger partial charge in [-0.05, 0) is 68.0 Å². The van der Waals surface area contributed by atoms with E-state index in [0.29, 0.717) is 21.3 Å². The fourth-order valence-corrected chi connectivity index (χ4v) is 2.58. The van der Waals surface area contributed by atoms with Crippen LogP contribution in [-0.2, 0) is 0 Å². The van der Waals surface area contributed by atoms with E-state index in [0.717, 1.165) is 12.2 Å². The highest BCUT2D eigenvalue weighted by Crippen LogP contribution is 2.25. The summed E-state index contributed by atoms with van der Waals surface area (Å²) in [5.41, 5.74) is 1.04. The van der Waals surface area contributed by atoms with E-state index >= 15 is 0 Å². The van der Waals surface area contributed by atoms with Gasteiger partial charge in [-0.2, -0.15) is 0 Å². The minimum absolute atomic E-state index is 0.126. The molecule has 4 nitrogen and oxygen atoms in total. The molecule has 0 aliphatic carbocycles. The minimum atomic E-state index is -0.322. The number of nitrogens with one attached hydrogen (secondary N) is 2. The number of halogens is 2. The standard InChI is InChI=1S/C18H18Cl2N2O2S/c1-3-11(2)24-14-7-4-12(5-8-14)17(23)22-18(25)21-16-9-6-13(19)10-15(16)20/h4-11H,3H2,1-2H3,(H2,21,22,23,25). The molecule has 1 amide bonds. The first-order valence-electron chi connectivity index (χ1n) is 7.73. The van der Waals surface area contributed by atoms with Crippen molar-refractivity contribution in [1.29, 1.82) is 0 Å². The van der Waals surface area contributed by atoms with Crippen LogP contribution >= 0.6 is 35.4 Å². The van der Waals surface area contributed by atoms with Gasteiger partial charge in [-0.1, -0.05) is 30.1 Å². The molecule has 0 aliphatic heterocycles. The van der Waals surface area contributed by atoms with Crippen LogP contribution in [0.3, 0.4) is 0 Å². The van der Waals surface area contributed by atoms with Crippen LogP contribution in [0.1, 0.15) is 30.6 Å². The van der Waals surface area contributed by atoms with E-state index in [1.165, 1.54) is 0 Å². The van der Waals surface area contributed by atoms with Crippen molar-refractivity contribution in [3.8, 4) is 5.75 Å². The van der Waals surface area contributed by atoms with E-state index < -0.39 is 0 Å². The molecule has 0 aliphatic rings. The number of carbonyl (C=O) groups is 1. The lowest BCUT2D eigenvalue weighted by atomic mass is 10.2. The van der Waals surface area contributed by atoms with Gasteiger partial charge >= 0.3 is 0 Å². The van der Waals surface area contributed by atoms with Gasteiger partial charge in [0.05, 0.1) is 16.8 Å². The summed E-state index contributed by atoms with van der Waals surface area (Å²) < 4.78 is 5.69. The second-order valence-corrected chi connectivity index (χ2v) is 6.65. The van der Waals surface area contributed by atoms with Crippen molar-refractivity contribution in [2.45, 2.75) is 26.4 Å². The van der Waals surface area contributed by atoms with Crippen molar-refractivity contribution >= 4 is 52.1 Å². The Bertz CT molecular complexity index is 766. The molecule has 0 bridgehead atoms. The molecule has 1 atom stereocenters. The maximum absolute atomic E-state index is 12.2. The summed E-state index contributed by atoms with van der Waals surface area (Å²) in [6.07, 6.45) is 1.04. The van der Waals surface area contributed by atoms with Crippen molar-refractivity contribution in [3.63, 3.8) is 0 Å². The van der Waals surface area contributed by atoms with Crippen LogP contribution in [0.2, 0.25) is 10.0 Å². The van der Waals surface area contributed by atoms with Crippen LogP contribution in [0.25, 0.3) is 0 Å². The van der Waals surface area contributed by atoms with Gasteiger partial charge < -0.3 is 10.1 Å². The van der Waals surface area contributed by atoms with Crippen LogP contribution in [-0.4, -0.2) is 17.1 Å². The second-order valence-electron chi connectivity index (χ2n) is 5.39. The molecular formula is C18H18Cl2N2O2S. The lowest BCUT2D eigenvalue weighted by Crippen LogP contribution is -2.34. The lowest BCUT2D eigenvalue weighted by molar-refractivity contribution is 0.0977. The Hall–Kier alpha value is -1.82. The maximum atomic E-state index is 12.2. The first kappa shape index (κ1) is 19.5. The molecule has 2 rings (SSSR count). The lowest BCUT2D eigenvalue weighted by Gasteiger charge is -2.13. The third kappa shape index (κ3) is 5.88. The number of ether oxygens (including phenoxy) is 1. The number of hydrogen-bond donors (Lipinski definition) is 2. The Balaban J connectivity index is 1.95. The summed E-state index contributed by atoms with van der Waals surface area (Å²) in [5.74, 6) is 0.400. The van der Waals surface area contributed by atoms with E-state index in [1.807, 2.05) is 13.8 Å². The van der Waals surface area contributed by atoms with Crippen molar-refractivity contribution in [2.75, 3.05) is 5.32 Å². The Morgan fingerprint density at radius 3 is 2.48 bits per heavy atom. The maximum Gasteiger partial charge on any atom is 0.257 e. The van der Waals surface area contributed by atoms with Crippen molar-refractivity contribution in [3.05, 3.63) is 58.1 Å². The topological polar surface area (TPSA) is 50.4 Å². The molecule has 1 unspecified atom stereocenters. The van der Waals surface area contributed by atoms with Crippen molar-refractivity contribution in [2.24, 2.45) is 0 Å². The molecule has 7 heteroatoms. The van der Waals surface area contributed by atoms with Crippen molar-refractivity contribution < 1.29 is 9.53 Å². The fraction of sp³-hybridized carbons (Fsp3) is 0.222. The van der Waals surface area contributed by atoms with E-state index in [2.05, 4.69) is 10.6 Å². The largest absolute Gasteiger partial charge is 0.491 e. The van der Waals surface area contributed by atoms with E-state index in [1.54, 1.807) is 42.5 Å². The summed E-state index contributed by atoms with van der Waals surface area (Å²) in [5, 5.41) is 6.55.